The lowest BCUT2D eigenvalue weighted by Gasteiger charge is -2.37. The first-order valence-electron chi connectivity index (χ1n) is 13.9. The maximum Gasteiger partial charge on any atom is 0.249 e. The summed E-state index contributed by atoms with van der Waals surface area (Å²) in [5, 5.41) is 4.22. The molecule has 2 amide bonds. The van der Waals surface area contributed by atoms with E-state index in [1.54, 1.807) is 0 Å². The number of benzene rings is 3. The second-order valence-electron chi connectivity index (χ2n) is 10.9. The topological polar surface area (TPSA) is 68.4 Å². The Balaban J connectivity index is 1.37. The normalized spacial score (nSPS) is 15.8. The number of carbonyl (C=O) groups excluding carboxylic acids is 2. The van der Waals surface area contributed by atoms with Crippen molar-refractivity contribution in [3.05, 3.63) is 102 Å². The van der Waals surface area contributed by atoms with Crippen molar-refractivity contribution in [1.29, 1.82) is 0 Å². The molecule has 6 heteroatoms. The van der Waals surface area contributed by atoms with Crippen molar-refractivity contribution >= 4 is 28.4 Å². The Kier molecular flexibility index (Phi) is 8.42. The van der Waals surface area contributed by atoms with Gasteiger partial charge in [0, 0.05) is 48.7 Å². The smallest absolute Gasteiger partial charge is 0.249 e. The van der Waals surface area contributed by atoms with Gasteiger partial charge in [0.15, 0.2) is 0 Å². The third-order valence-corrected chi connectivity index (χ3v) is 7.57. The molecule has 2 N–H and O–H groups in total. The number of hydrogen-bond donors (Lipinski definition) is 2. The Morgan fingerprint density at radius 2 is 1.74 bits per heavy atom. The van der Waals surface area contributed by atoms with Crippen LogP contribution in [-0.4, -0.2) is 54.9 Å². The molecule has 202 valence electrons. The van der Waals surface area contributed by atoms with Gasteiger partial charge in [-0.1, -0.05) is 66.7 Å². The van der Waals surface area contributed by atoms with Crippen molar-refractivity contribution in [3.8, 4) is 0 Å². The van der Waals surface area contributed by atoms with E-state index in [1.807, 2.05) is 65.7 Å². The van der Waals surface area contributed by atoms with Gasteiger partial charge in [0.05, 0.1) is 0 Å². The van der Waals surface area contributed by atoms with Crippen LogP contribution in [0.15, 0.2) is 85.1 Å². The number of hydrogen-bond acceptors (Lipinski definition) is 3. The Hall–Kier alpha value is -3.90. The molecular formula is C33H38N4O2. The highest BCUT2D eigenvalue weighted by molar-refractivity contribution is 6.00. The fourth-order valence-corrected chi connectivity index (χ4v) is 5.80. The molecule has 3 aromatic carbocycles. The third kappa shape index (κ3) is 6.58. The average molecular weight is 523 g/mol. The summed E-state index contributed by atoms with van der Waals surface area (Å²) in [5.74, 6) is 0.195. The number of anilines is 1. The highest BCUT2D eigenvalue weighted by Crippen LogP contribution is 2.31. The number of rotatable bonds is 10. The van der Waals surface area contributed by atoms with Crippen LogP contribution in [0.25, 0.3) is 10.9 Å². The quantitative estimate of drug-likeness (QED) is 0.309. The van der Waals surface area contributed by atoms with E-state index < -0.39 is 6.04 Å². The molecule has 1 aliphatic heterocycles. The van der Waals surface area contributed by atoms with Gasteiger partial charge < -0.3 is 20.1 Å². The number of para-hydroxylation sites is 2. The van der Waals surface area contributed by atoms with E-state index in [0.717, 1.165) is 48.0 Å². The number of H-pyrrole nitrogens is 1. The number of nitrogens with zero attached hydrogens (tertiary/aromatic N) is 2. The van der Waals surface area contributed by atoms with Gasteiger partial charge in [-0.15, -0.1) is 0 Å². The molecule has 2 atom stereocenters. The van der Waals surface area contributed by atoms with Crippen molar-refractivity contribution in [2.24, 2.45) is 5.92 Å². The summed E-state index contributed by atoms with van der Waals surface area (Å²) in [6.07, 6.45) is 5.29. The van der Waals surface area contributed by atoms with Gasteiger partial charge in [-0.05, 0) is 68.1 Å². The monoisotopic (exact) mass is 522 g/mol. The number of aryl methyl sites for hydroxylation is 1. The van der Waals surface area contributed by atoms with E-state index in [4.69, 9.17) is 0 Å². The molecule has 0 radical (unpaired) electrons. The SMILES string of the molecule is CN(C)CC1Cc2ccccc2N(C(=O)C(Cc2c[nH]c3ccccc23)NC(=O)CCCc2ccccc2)C1. The van der Waals surface area contributed by atoms with Crippen LogP contribution >= 0.6 is 0 Å². The van der Waals surface area contributed by atoms with Gasteiger partial charge in [0.1, 0.15) is 6.04 Å². The Morgan fingerprint density at radius 3 is 2.56 bits per heavy atom. The molecular weight excluding hydrogens is 484 g/mol. The molecule has 1 aromatic heterocycles. The van der Waals surface area contributed by atoms with Crippen molar-refractivity contribution in [2.45, 2.75) is 38.1 Å². The van der Waals surface area contributed by atoms with Gasteiger partial charge in [-0.25, -0.2) is 0 Å². The fraction of sp³-hybridized carbons (Fsp3) is 0.333. The summed E-state index contributed by atoms with van der Waals surface area (Å²) in [7, 11) is 4.14. The zero-order valence-corrected chi connectivity index (χ0v) is 22.9. The minimum atomic E-state index is -0.653. The fourth-order valence-electron chi connectivity index (χ4n) is 5.80. The van der Waals surface area contributed by atoms with Crippen LogP contribution in [-0.2, 0) is 28.9 Å². The molecule has 5 rings (SSSR count). The van der Waals surface area contributed by atoms with E-state index >= 15 is 0 Å². The molecule has 6 nitrogen and oxygen atoms in total. The van der Waals surface area contributed by atoms with Crippen molar-refractivity contribution in [1.82, 2.24) is 15.2 Å². The zero-order valence-electron chi connectivity index (χ0n) is 22.9. The number of amides is 2. The van der Waals surface area contributed by atoms with Gasteiger partial charge in [-0.3, -0.25) is 9.59 Å². The molecule has 2 heterocycles. The Labute approximate surface area is 231 Å². The number of nitrogens with one attached hydrogen (secondary N) is 2. The van der Waals surface area contributed by atoms with Crippen LogP contribution < -0.4 is 10.2 Å². The Morgan fingerprint density at radius 1 is 1.00 bits per heavy atom. The van der Waals surface area contributed by atoms with Gasteiger partial charge in [-0.2, -0.15) is 0 Å². The summed E-state index contributed by atoms with van der Waals surface area (Å²) >= 11 is 0. The third-order valence-electron chi connectivity index (χ3n) is 7.57. The molecule has 0 spiro atoms. The molecule has 0 saturated heterocycles. The predicted octanol–water partition coefficient (Wildman–Crippen LogP) is 4.99. The van der Waals surface area contributed by atoms with Crippen LogP contribution in [0.2, 0.25) is 0 Å². The van der Waals surface area contributed by atoms with E-state index in [0.29, 0.717) is 25.3 Å². The van der Waals surface area contributed by atoms with Crippen LogP contribution in [0.1, 0.15) is 29.5 Å². The highest BCUT2D eigenvalue weighted by Gasteiger charge is 2.33. The minimum Gasteiger partial charge on any atom is -0.361 e. The van der Waals surface area contributed by atoms with Crippen molar-refractivity contribution in [3.63, 3.8) is 0 Å². The molecule has 1 aliphatic rings. The summed E-state index contributed by atoms with van der Waals surface area (Å²) < 4.78 is 0. The second-order valence-corrected chi connectivity index (χ2v) is 10.9. The lowest BCUT2D eigenvalue weighted by Crippen LogP contribution is -2.53. The summed E-state index contributed by atoms with van der Waals surface area (Å²) in [4.78, 5) is 34.9. The van der Waals surface area contributed by atoms with E-state index in [2.05, 4.69) is 53.6 Å². The van der Waals surface area contributed by atoms with E-state index in [1.165, 1.54) is 11.1 Å². The standard InChI is InChI=1S/C33H38N4O2/c1-36(2)22-25-19-26-14-6-9-17-31(26)37(23-25)33(39)30(20-27-21-34-29-16-8-7-15-28(27)29)35-32(38)18-10-13-24-11-4-3-5-12-24/h3-9,11-12,14-17,21,25,30,34H,10,13,18-20,22-23H2,1-2H3,(H,35,38). The number of aromatic amines is 1. The van der Waals surface area contributed by atoms with Gasteiger partial charge in [0.2, 0.25) is 11.8 Å². The summed E-state index contributed by atoms with van der Waals surface area (Å²) in [5.41, 5.74) is 5.42. The average Bonchev–Trinajstić information content (AvgIpc) is 3.35. The molecule has 0 fully saturated rings. The number of aromatic nitrogens is 1. The van der Waals surface area contributed by atoms with Gasteiger partial charge >= 0.3 is 0 Å². The number of fused-ring (bicyclic) bond motifs is 2. The van der Waals surface area contributed by atoms with Crippen LogP contribution in [0.3, 0.4) is 0 Å². The molecule has 4 aromatic rings. The minimum absolute atomic E-state index is 0.0485. The van der Waals surface area contributed by atoms with Gasteiger partial charge in [0.25, 0.3) is 0 Å². The molecule has 2 unspecified atom stereocenters. The van der Waals surface area contributed by atoms with Crippen molar-refractivity contribution in [2.75, 3.05) is 32.1 Å². The van der Waals surface area contributed by atoms with Crippen LogP contribution in [0.5, 0.6) is 0 Å². The van der Waals surface area contributed by atoms with E-state index in [-0.39, 0.29) is 11.8 Å². The van der Waals surface area contributed by atoms with Crippen LogP contribution in [0, 0.1) is 5.92 Å². The summed E-state index contributed by atoms with van der Waals surface area (Å²) in [6, 6.07) is 25.8. The molecule has 39 heavy (non-hydrogen) atoms. The van der Waals surface area contributed by atoms with Crippen LogP contribution in [0.4, 0.5) is 5.69 Å². The zero-order chi connectivity index (χ0) is 27.2. The highest BCUT2D eigenvalue weighted by atomic mass is 16.2. The molecule has 0 saturated carbocycles. The molecule has 0 aliphatic carbocycles. The van der Waals surface area contributed by atoms with Crippen molar-refractivity contribution < 1.29 is 9.59 Å². The Bertz CT molecular complexity index is 1410. The largest absolute Gasteiger partial charge is 0.361 e. The number of carbonyl (C=O) groups is 2. The summed E-state index contributed by atoms with van der Waals surface area (Å²) in [6.45, 7) is 1.54. The first-order valence-corrected chi connectivity index (χ1v) is 13.9. The molecule has 0 bridgehead atoms. The maximum atomic E-state index is 14.3. The van der Waals surface area contributed by atoms with E-state index in [9.17, 15) is 9.59 Å². The lowest BCUT2D eigenvalue weighted by atomic mass is 9.91. The first kappa shape index (κ1) is 26.7. The first-order chi connectivity index (χ1) is 19.0. The lowest BCUT2D eigenvalue weighted by molar-refractivity contribution is -0.127. The predicted molar refractivity (Wildman–Crippen MR) is 158 cm³/mol. The second kappa shape index (κ2) is 12.3. The maximum absolute atomic E-state index is 14.3.